The van der Waals surface area contributed by atoms with Crippen LogP contribution < -0.4 is 0 Å². The second-order valence-corrected chi connectivity index (χ2v) is 10.9. The van der Waals surface area contributed by atoms with Crippen LogP contribution in [-0.2, 0) is 0 Å². The van der Waals surface area contributed by atoms with Crippen molar-refractivity contribution in [1.29, 1.82) is 5.26 Å². The summed E-state index contributed by atoms with van der Waals surface area (Å²) in [4.78, 5) is 12.7. The number of benzene rings is 6. The zero-order chi connectivity index (χ0) is 29.6. The fourth-order valence-electron chi connectivity index (χ4n) is 6.30. The van der Waals surface area contributed by atoms with E-state index in [-0.39, 0.29) is 0 Å². The first kappa shape index (κ1) is 25.4. The number of hydrogen-bond donors (Lipinski definition) is 0. The van der Waals surface area contributed by atoms with Crippen molar-refractivity contribution >= 4 is 38.0 Å². The van der Waals surface area contributed by atoms with Gasteiger partial charge in [0.05, 0.1) is 23.5 Å². The van der Waals surface area contributed by atoms with Gasteiger partial charge >= 0.3 is 0 Å². The van der Waals surface area contributed by atoms with Crippen LogP contribution in [0, 0.1) is 17.9 Å². The largest absolute Gasteiger partial charge is 0.268 e. The third kappa shape index (κ3) is 4.14. The zero-order valence-corrected chi connectivity index (χ0v) is 23.5. The highest BCUT2D eigenvalue weighted by Gasteiger charge is 2.14. The molecule has 0 spiro atoms. The summed E-state index contributed by atoms with van der Waals surface area (Å²) >= 11 is 0. The fraction of sp³-hybridized carbons (Fsp3) is 0. The standard InChI is InChI=1S/C40H22N4/c1-42-36-11-5-17-44-40(36)32-9-3-7-26(19-32)35-22-29-14-12-27-20-34(21-28-13-15-30(23-35)38(29)37(27)28)25-6-2-8-31(18-25)39-33(24-41)10-4-16-43-39/h2-23H. The van der Waals surface area contributed by atoms with E-state index >= 15 is 0 Å². The lowest BCUT2D eigenvalue weighted by molar-refractivity contribution is 1.30. The van der Waals surface area contributed by atoms with Gasteiger partial charge in [-0.1, -0.05) is 72.8 Å². The molecule has 0 saturated heterocycles. The van der Waals surface area contributed by atoms with Crippen molar-refractivity contribution in [2.24, 2.45) is 0 Å². The Morgan fingerprint density at radius 3 is 1.50 bits per heavy atom. The Bertz CT molecular complexity index is 2240. The summed E-state index contributed by atoms with van der Waals surface area (Å²) in [7, 11) is 0. The van der Waals surface area contributed by atoms with Gasteiger partial charge in [-0.3, -0.25) is 9.97 Å². The van der Waals surface area contributed by atoms with Crippen molar-refractivity contribution in [1.82, 2.24) is 9.97 Å². The minimum atomic E-state index is 0.551. The lowest BCUT2D eigenvalue weighted by Crippen LogP contribution is -1.90. The number of hydrogen-bond acceptors (Lipinski definition) is 3. The monoisotopic (exact) mass is 558 g/mol. The SMILES string of the molecule is [C-]#[N+]c1cccnc1-c1cccc(-c2cc3ccc4cc(-c5cccc(-c6ncccc6C#N)c5)cc5ccc(c2)c3c45)c1. The molecule has 44 heavy (non-hydrogen) atoms. The Hall–Kier alpha value is -6.36. The molecule has 0 aliphatic rings. The summed E-state index contributed by atoms with van der Waals surface area (Å²) in [6, 6.07) is 43.8. The summed E-state index contributed by atoms with van der Waals surface area (Å²) in [5.74, 6) is 0. The fourth-order valence-corrected chi connectivity index (χ4v) is 6.30. The van der Waals surface area contributed by atoms with E-state index in [1.54, 1.807) is 30.6 Å². The van der Waals surface area contributed by atoms with Gasteiger partial charge in [-0.05, 0) is 109 Å². The molecule has 0 N–H and O–H groups in total. The van der Waals surface area contributed by atoms with Gasteiger partial charge in [0.2, 0.25) is 5.69 Å². The average molecular weight is 559 g/mol. The molecule has 2 heterocycles. The predicted octanol–water partition coefficient (Wildman–Crippen LogP) is 10.5. The maximum absolute atomic E-state index is 9.60. The number of pyridine rings is 2. The molecular weight excluding hydrogens is 536 g/mol. The molecule has 0 bridgehead atoms. The van der Waals surface area contributed by atoms with Crippen molar-refractivity contribution in [2.45, 2.75) is 0 Å². The van der Waals surface area contributed by atoms with Gasteiger partial charge in [0.25, 0.3) is 0 Å². The lowest BCUT2D eigenvalue weighted by Gasteiger charge is -2.15. The first-order valence-electron chi connectivity index (χ1n) is 14.3. The maximum Gasteiger partial charge on any atom is 0.212 e. The first-order valence-corrected chi connectivity index (χ1v) is 14.3. The molecule has 4 heteroatoms. The van der Waals surface area contributed by atoms with Gasteiger partial charge in [-0.2, -0.15) is 5.26 Å². The zero-order valence-electron chi connectivity index (χ0n) is 23.5. The molecule has 0 aliphatic carbocycles. The number of rotatable bonds is 4. The molecule has 0 fully saturated rings. The van der Waals surface area contributed by atoms with E-state index in [1.807, 2.05) is 30.3 Å². The van der Waals surface area contributed by atoms with E-state index in [1.165, 1.54) is 32.3 Å². The maximum atomic E-state index is 9.60. The first-order chi connectivity index (χ1) is 21.7. The van der Waals surface area contributed by atoms with Gasteiger partial charge < -0.3 is 0 Å². The summed E-state index contributed by atoms with van der Waals surface area (Å²) < 4.78 is 0. The quantitative estimate of drug-likeness (QED) is 0.159. The van der Waals surface area contributed by atoms with Crippen molar-refractivity contribution in [3.63, 3.8) is 0 Å². The van der Waals surface area contributed by atoms with Crippen LogP contribution in [0.2, 0.25) is 0 Å². The highest BCUT2D eigenvalue weighted by molar-refractivity contribution is 6.24. The minimum Gasteiger partial charge on any atom is -0.268 e. The van der Waals surface area contributed by atoms with Crippen molar-refractivity contribution in [3.8, 4) is 50.8 Å². The van der Waals surface area contributed by atoms with E-state index in [2.05, 4.69) is 93.7 Å². The smallest absolute Gasteiger partial charge is 0.212 e. The molecule has 4 nitrogen and oxygen atoms in total. The number of nitriles is 1. The molecule has 0 saturated carbocycles. The van der Waals surface area contributed by atoms with Crippen LogP contribution in [0.4, 0.5) is 5.69 Å². The molecule has 0 unspecified atom stereocenters. The van der Waals surface area contributed by atoms with Crippen LogP contribution in [0.15, 0.2) is 134 Å². The van der Waals surface area contributed by atoms with E-state index in [0.29, 0.717) is 22.6 Å². The van der Waals surface area contributed by atoms with Crippen molar-refractivity contribution < 1.29 is 0 Å². The summed E-state index contributed by atoms with van der Waals surface area (Å²) in [6.07, 6.45) is 3.46. The molecule has 0 amide bonds. The van der Waals surface area contributed by atoms with E-state index in [4.69, 9.17) is 6.57 Å². The summed E-state index contributed by atoms with van der Waals surface area (Å²) in [5.41, 5.74) is 8.79. The second-order valence-electron chi connectivity index (χ2n) is 10.9. The van der Waals surface area contributed by atoms with Crippen molar-refractivity contribution in [2.75, 3.05) is 0 Å². The molecule has 202 valence electrons. The molecule has 8 rings (SSSR count). The van der Waals surface area contributed by atoms with Crippen LogP contribution in [0.25, 0.3) is 81.9 Å². The molecule has 6 aromatic carbocycles. The van der Waals surface area contributed by atoms with Gasteiger partial charge in [0.1, 0.15) is 6.07 Å². The molecule has 8 aromatic rings. The van der Waals surface area contributed by atoms with E-state index in [0.717, 1.165) is 33.4 Å². The lowest BCUT2D eigenvalue weighted by atomic mass is 9.89. The Labute approximate surface area is 254 Å². The van der Waals surface area contributed by atoms with Gasteiger partial charge in [0.15, 0.2) is 0 Å². The summed E-state index contributed by atoms with van der Waals surface area (Å²) in [6.45, 7) is 7.55. The average Bonchev–Trinajstić information content (AvgIpc) is 3.10. The Kier molecular flexibility index (Phi) is 5.86. The normalized spacial score (nSPS) is 11.1. The van der Waals surface area contributed by atoms with Gasteiger partial charge in [-0.15, -0.1) is 0 Å². The number of nitrogens with zero attached hydrogens (tertiary/aromatic N) is 4. The molecule has 0 atom stereocenters. The highest BCUT2D eigenvalue weighted by atomic mass is 14.8. The minimum absolute atomic E-state index is 0.551. The van der Waals surface area contributed by atoms with Crippen LogP contribution in [-0.4, -0.2) is 9.97 Å². The second kappa shape index (κ2) is 10.2. The van der Waals surface area contributed by atoms with E-state index in [9.17, 15) is 5.26 Å². The molecular formula is C40H22N4. The Balaban J connectivity index is 1.23. The Morgan fingerprint density at radius 2 is 0.977 bits per heavy atom. The number of aromatic nitrogens is 2. The van der Waals surface area contributed by atoms with Crippen LogP contribution in [0.5, 0.6) is 0 Å². The molecule has 2 aromatic heterocycles. The molecule has 0 radical (unpaired) electrons. The third-order valence-corrected chi connectivity index (χ3v) is 8.31. The third-order valence-electron chi connectivity index (χ3n) is 8.31. The molecule has 0 aliphatic heterocycles. The topological polar surface area (TPSA) is 53.9 Å². The van der Waals surface area contributed by atoms with E-state index < -0.39 is 0 Å². The van der Waals surface area contributed by atoms with Gasteiger partial charge in [-0.25, -0.2) is 4.85 Å². The van der Waals surface area contributed by atoms with Crippen molar-refractivity contribution in [3.05, 3.63) is 151 Å². The van der Waals surface area contributed by atoms with Crippen LogP contribution >= 0.6 is 0 Å². The highest BCUT2D eigenvalue weighted by Crippen LogP contribution is 2.40. The Morgan fingerprint density at radius 1 is 0.500 bits per heavy atom. The predicted molar refractivity (Wildman–Crippen MR) is 178 cm³/mol. The van der Waals surface area contributed by atoms with Crippen LogP contribution in [0.1, 0.15) is 5.56 Å². The van der Waals surface area contributed by atoms with Crippen LogP contribution in [0.3, 0.4) is 0 Å². The summed E-state index contributed by atoms with van der Waals surface area (Å²) in [5, 5.41) is 16.9. The van der Waals surface area contributed by atoms with Gasteiger partial charge in [0, 0.05) is 18.0 Å².